The first kappa shape index (κ1) is 21.1. The van der Waals surface area contributed by atoms with Crippen LogP contribution in [-0.4, -0.2) is 48.1 Å². The lowest BCUT2D eigenvalue weighted by atomic mass is 9.91. The third-order valence-corrected chi connectivity index (χ3v) is 7.10. The highest BCUT2D eigenvalue weighted by atomic mass is 32.2. The van der Waals surface area contributed by atoms with Crippen molar-refractivity contribution in [1.29, 1.82) is 0 Å². The molecule has 1 aromatic carbocycles. The zero-order valence-electron chi connectivity index (χ0n) is 15.4. The molecule has 1 spiro atoms. The fourth-order valence-electron chi connectivity index (χ4n) is 4.15. The molecule has 164 valence electrons. The lowest BCUT2D eigenvalue weighted by Gasteiger charge is -2.30. The van der Waals surface area contributed by atoms with E-state index >= 15 is 0 Å². The maximum absolute atomic E-state index is 14.7. The monoisotopic (exact) mass is 455 g/mol. The van der Waals surface area contributed by atoms with Gasteiger partial charge in [-0.25, -0.2) is 25.9 Å². The first-order chi connectivity index (χ1) is 13.8. The van der Waals surface area contributed by atoms with Crippen molar-refractivity contribution >= 4 is 10.0 Å². The van der Waals surface area contributed by atoms with Crippen molar-refractivity contribution in [3.8, 4) is 11.4 Å². The van der Waals surface area contributed by atoms with Gasteiger partial charge in [0.1, 0.15) is 11.7 Å². The number of nitrogens with zero attached hydrogens (tertiary/aromatic N) is 3. The minimum absolute atomic E-state index is 0.109. The van der Waals surface area contributed by atoms with Gasteiger partial charge in [0.05, 0.1) is 17.2 Å². The number of alkyl halides is 5. The molecule has 6 nitrogen and oxygen atoms in total. The van der Waals surface area contributed by atoms with E-state index in [0.29, 0.717) is 0 Å². The van der Waals surface area contributed by atoms with Gasteiger partial charge >= 0.3 is 6.18 Å². The van der Waals surface area contributed by atoms with Gasteiger partial charge < -0.3 is 4.52 Å². The van der Waals surface area contributed by atoms with Gasteiger partial charge in [-0.15, -0.1) is 0 Å². The van der Waals surface area contributed by atoms with Crippen molar-refractivity contribution in [1.82, 2.24) is 14.4 Å². The second-order valence-corrected chi connectivity index (χ2v) is 9.50. The molecule has 1 unspecified atom stereocenters. The van der Waals surface area contributed by atoms with Crippen LogP contribution in [0.4, 0.5) is 26.3 Å². The molecular formula is C17H15F6N3O3S. The zero-order chi connectivity index (χ0) is 22.1. The Balaban J connectivity index is 1.63. The maximum atomic E-state index is 14.7. The summed E-state index contributed by atoms with van der Waals surface area (Å²) in [7, 11) is -3.52. The minimum atomic E-state index is -4.92. The minimum Gasteiger partial charge on any atom is -0.338 e. The third kappa shape index (κ3) is 3.18. The Morgan fingerprint density at radius 3 is 2.40 bits per heavy atom. The molecule has 13 heteroatoms. The van der Waals surface area contributed by atoms with Gasteiger partial charge in [0, 0.05) is 18.7 Å². The van der Waals surface area contributed by atoms with Crippen molar-refractivity contribution in [3.05, 3.63) is 35.5 Å². The van der Waals surface area contributed by atoms with Gasteiger partial charge in [-0.05, 0) is 31.0 Å². The summed E-state index contributed by atoms with van der Waals surface area (Å²) in [6.07, 6.45) is -4.24. The quantitative estimate of drug-likeness (QED) is 0.661. The Labute approximate surface area is 166 Å². The van der Waals surface area contributed by atoms with E-state index in [1.54, 1.807) is 0 Å². The van der Waals surface area contributed by atoms with Crippen LogP contribution in [0.15, 0.2) is 22.7 Å². The molecule has 1 aliphatic heterocycles. The van der Waals surface area contributed by atoms with E-state index in [9.17, 15) is 34.8 Å². The number of aromatic nitrogens is 2. The number of hydrogen-bond donors (Lipinski definition) is 0. The van der Waals surface area contributed by atoms with Crippen LogP contribution in [0.5, 0.6) is 0 Å². The molecule has 1 aromatic heterocycles. The predicted octanol–water partition coefficient (Wildman–Crippen LogP) is 3.67. The second-order valence-electron chi connectivity index (χ2n) is 7.52. The molecule has 2 aliphatic rings. The molecule has 30 heavy (non-hydrogen) atoms. The molecule has 2 fully saturated rings. The lowest BCUT2D eigenvalue weighted by molar-refractivity contribution is -0.137. The van der Waals surface area contributed by atoms with Gasteiger partial charge in [0.2, 0.25) is 21.7 Å². The van der Waals surface area contributed by atoms with E-state index in [-0.39, 0.29) is 32.0 Å². The zero-order valence-corrected chi connectivity index (χ0v) is 16.2. The number of benzene rings is 1. The first-order valence-electron chi connectivity index (χ1n) is 8.81. The Bertz CT molecular complexity index is 1090. The van der Waals surface area contributed by atoms with E-state index in [0.717, 1.165) is 22.7 Å². The molecule has 2 aromatic rings. The van der Waals surface area contributed by atoms with Crippen molar-refractivity contribution in [2.24, 2.45) is 5.41 Å². The molecule has 1 saturated heterocycles. The van der Waals surface area contributed by atoms with Crippen LogP contribution in [-0.2, 0) is 16.2 Å². The summed E-state index contributed by atoms with van der Waals surface area (Å²) in [5.41, 5.74) is -3.54. The van der Waals surface area contributed by atoms with Crippen molar-refractivity contribution in [2.45, 2.75) is 30.9 Å². The van der Waals surface area contributed by atoms with E-state index in [1.165, 1.54) is 0 Å². The fourth-order valence-corrected chi connectivity index (χ4v) is 4.99. The van der Waals surface area contributed by atoms with Crippen LogP contribution in [0, 0.1) is 11.2 Å². The van der Waals surface area contributed by atoms with Crippen LogP contribution in [0.25, 0.3) is 11.4 Å². The van der Waals surface area contributed by atoms with Crippen LogP contribution in [0.3, 0.4) is 0 Å². The molecule has 4 rings (SSSR count). The normalized spacial score (nSPS) is 23.6. The van der Waals surface area contributed by atoms with Gasteiger partial charge in [-0.1, -0.05) is 5.16 Å². The number of sulfonamides is 1. The highest BCUT2D eigenvalue weighted by Gasteiger charge is 2.82. The molecule has 1 saturated carbocycles. The van der Waals surface area contributed by atoms with Gasteiger partial charge in [-0.2, -0.15) is 18.2 Å². The van der Waals surface area contributed by atoms with Gasteiger partial charge in [0.15, 0.2) is 0 Å². The van der Waals surface area contributed by atoms with E-state index < -0.39 is 62.1 Å². The van der Waals surface area contributed by atoms with Crippen LogP contribution in [0.2, 0.25) is 0 Å². The van der Waals surface area contributed by atoms with Crippen LogP contribution >= 0.6 is 0 Å². The van der Waals surface area contributed by atoms with Crippen molar-refractivity contribution < 1.29 is 39.3 Å². The molecule has 1 atom stereocenters. The summed E-state index contributed by atoms with van der Waals surface area (Å²) in [6, 6.07) is 1.84. The number of hydrogen-bond acceptors (Lipinski definition) is 5. The van der Waals surface area contributed by atoms with Gasteiger partial charge in [0.25, 0.3) is 5.92 Å². The molecule has 0 N–H and O–H groups in total. The summed E-state index contributed by atoms with van der Waals surface area (Å²) in [5.74, 6) is -7.03. The van der Waals surface area contributed by atoms with Gasteiger partial charge in [-0.3, -0.25) is 0 Å². The molecular weight excluding hydrogens is 440 g/mol. The molecule has 0 amide bonds. The largest absolute Gasteiger partial charge is 0.417 e. The highest BCUT2D eigenvalue weighted by Crippen LogP contribution is 2.75. The van der Waals surface area contributed by atoms with E-state index in [1.807, 2.05) is 0 Å². The van der Waals surface area contributed by atoms with Crippen molar-refractivity contribution in [2.75, 3.05) is 19.3 Å². The summed E-state index contributed by atoms with van der Waals surface area (Å²) in [6.45, 7) is -0.218. The average Bonchev–Trinajstić information content (AvgIpc) is 2.95. The maximum Gasteiger partial charge on any atom is 0.417 e. The summed E-state index contributed by atoms with van der Waals surface area (Å²) in [5, 5.41) is 3.40. The Kier molecular flexibility index (Phi) is 4.52. The average molecular weight is 455 g/mol. The summed E-state index contributed by atoms with van der Waals surface area (Å²) < 4.78 is 111. The number of piperidine rings is 1. The molecule has 0 radical (unpaired) electrons. The summed E-state index contributed by atoms with van der Waals surface area (Å²) in [4.78, 5) is 3.75. The van der Waals surface area contributed by atoms with E-state index in [4.69, 9.17) is 4.52 Å². The van der Waals surface area contributed by atoms with Crippen LogP contribution < -0.4 is 0 Å². The topological polar surface area (TPSA) is 76.3 Å². The molecule has 2 heterocycles. The Morgan fingerprint density at radius 2 is 1.83 bits per heavy atom. The number of halogens is 6. The molecule has 1 aliphatic carbocycles. The van der Waals surface area contributed by atoms with Crippen molar-refractivity contribution in [3.63, 3.8) is 0 Å². The SMILES string of the molecule is CS(=O)(=O)N1CCC2(CC1)C(c1nc(-c3ccc(F)cc3C(F)(F)F)no1)C2(F)F. The number of rotatable bonds is 3. The molecule has 0 bridgehead atoms. The predicted molar refractivity (Wildman–Crippen MR) is 90.5 cm³/mol. The summed E-state index contributed by atoms with van der Waals surface area (Å²) >= 11 is 0. The Morgan fingerprint density at radius 1 is 1.20 bits per heavy atom. The van der Waals surface area contributed by atoms with E-state index in [2.05, 4.69) is 10.1 Å². The second kappa shape index (κ2) is 6.42. The fraction of sp³-hybridized carbons (Fsp3) is 0.529. The standard InChI is InChI=1S/C17H15F6N3O3S/c1-30(27,28)26-6-4-15(5-7-26)12(16(15,19)20)14-24-13(25-29-14)10-3-2-9(18)8-11(10)17(21,22)23/h2-3,8,12H,4-7H2,1H3. The third-order valence-electron chi connectivity index (χ3n) is 5.80. The first-order valence-corrected chi connectivity index (χ1v) is 10.7. The van der Waals surface area contributed by atoms with Crippen LogP contribution in [0.1, 0.15) is 30.2 Å². The lowest BCUT2D eigenvalue weighted by Crippen LogP contribution is -2.40. The highest BCUT2D eigenvalue weighted by molar-refractivity contribution is 7.88. The Hall–Kier alpha value is -2.15. The smallest absolute Gasteiger partial charge is 0.338 e.